The largest absolute Gasteiger partial charge is 0.466 e. The summed E-state index contributed by atoms with van der Waals surface area (Å²) in [6.07, 6.45) is 0.841. The lowest BCUT2D eigenvalue weighted by atomic mass is 9.81. The van der Waals surface area contributed by atoms with Gasteiger partial charge in [-0.05, 0) is 36.2 Å². The van der Waals surface area contributed by atoms with Crippen LogP contribution in [0.2, 0.25) is 0 Å². The minimum absolute atomic E-state index is 0.0130. The van der Waals surface area contributed by atoms with Crippen LogP contribution in [0.1, 0.15) is 24.8 Å². The first-order valence-corrected chi connectivity index (χ1v) is 12.6. The predicted molar refractivity (Wildman–Crippen MR) is 145 cm³/mol. The van der Waals surface area contributed by atoms with Crippen molar-refractivity contribution in [1.82, 2.24) is 4.90 Å². The first-order chi connectivity index (χ1) is 18.8. The Hall–Kier alpha value is -4.78. The summed E-state index contributed by atoms with van der Waals surface area (Å²) in [7, 11) is 2.43. The van der Waals surface area contributed by atoms with Crippen LogP contribution in [0.5, 0.6) is 0 Å². The topological polar surface area (TPSA) is 129 Å². The average molecular weight is 530 g/mol. The summed E-state index contributed by atoms with van der Waals surface area (Å²) >= 11 is 0. The summed E-state index contributed by atoms with van der Waals surface area (Å²) in [5, 5.41) is 10.2. The monoisotopic (exact) mass is 529 g/mol. The minimum atomic E-state index is -0.922. The van der Waals surface area contributed by atoms with Crippen LogP contribution in [-0.2, 0) is 23.9 Å². The number of hydrogen-bond acceptors (Lipinski definition) is 9. The van der Waals surface area contributed by atoms with E-state index in [1.165, 1.54) is 19.1 Å². The molecule has 10 nitrogen and oxygen atoms in total. The number of anilines is 2. The van der Waals surface area contributed by atoms with Crippen LogP contribution >= 0.6 is 0 Å². The van der Waals surface area contributed by atoms with E-state index >= 15 is 0 Å². The van der Waals surface area contributed by atoms with Crippen LogP contribution in [0, 0.1) is 11.3 Å². The Balaban J connectivity index is 1.81. The highest BCUT2D eigenvalue weighted by atomic mass is 16.5. The number of carbonyl (C=O) groups excluding carboxylic acids is 3. The van der Waals surface area contributed by atoms with Gasteiger partial charge in [0.25, 0.3) is 0 Å². The van der Waals surface area contributed by atoms with E-state index in [1.54, 1.807) is 43.3 Å². The minimum Gasteiger partial charge on any atom is -0.466 e. The Labute approximate surface area is 227 Å². The molecule has 0 spiro atoms. The fourth-order valence-electron chi connectivity index (χ4n) is 5.08. The third kappa shape index (κ3) is 5.29. The molecule has 2 aromatic rings. The van der Waals surface area contributed by atoms with Crippen LogP contribution in [0.3, 0.4) is 0 Å². The van der Waals surface area contributed by atoms with Gasteiger partial charge < -0.3 is 25.0 Å². The fraction of sp³-hybridized carbons (Fsp3) is 0.310. The zero-order chi connectivity index (χ0) is 28.1. The second kappa shape index (κ2) is 11.7. The quantitative estimate of drug-likeness (QED) is 0.581. The van der Waals surface area contributed by atoms with Crippen LogP contribution in [0.4, 0.5) is 11.4 Å². The van der Waals surface area contributed by atoms with Gasteiger partial charge in [0.05, 0.1) is 37.4 Å². The SMILES string of the molecule is COC(=O)C1=C(C(=O)OC)N(c2ccc(N3CCCN(C(C)=O)CC3)cc2)C(N)=C(C#N)C1c1ccccc1. The van der Waals surface area contributed by atoms with Crippen molar-refractivity contribution in [2.24, 2.45) is 5.73 Å². The summed E-state index contributed by atoms with van der Waals surface area (Å²) < 4.78 is 10.2. The molecule has 1 fully saturated rings. The number of ether oxygens (including phenoxy) is 2. The van der Waals surface area contributed by atoms with Crippen molar-refractivity contribution in [3.63, 3.8) is 0 Å². The molecule has 1 amide bonds. The molecule has 2 aromatic carbocycles. The zero-order valence-corrected chi connectivity index (χ0v) is 22.2. The molecule has 1 unspecified atom stereocenters. The molecule has 0 aliphatic carbocycles. The highest BCUT2D eigenvalue weighted by Crippen LogP contribution is 2.43. The third-order valence-corrected chi connectivity index (χ3v) is 7.02. The summed E-state index contributed by atoms with van der Waals surface area (Å²) in [4.78, 5) is 43.6. The zero-order valence-electron chi connectivity index (χ0n) is 22.2. The summed E-state index contributed by atoms with van der Waals surface area (Å²) in [6.45, 7) is 4.38. The Morgan fingerprint density at radius 1 is 0.897 bits per heavy atom. The van der Waals surface area contributed by atoms with Gasteiger partial charge in [0, 0.05) is 44.5 Å². The molecule has 202 valence electrons. The molecule has 10 heteroatoms. The van der Waals surface area contributed by atoms with Crippen molar-refractivity contribution in [3.05, 3.63) is 82.8 Å². The molecular weight excluding hydrogens is 498 g/mol. The maximum atomic E-state index is 13.2. The Bertz CT molecular complexity index is 1360. The number of allylic oxidation sites excluding steroid dienone is 1. The molecule has 0 radical (unpaired) electrons. The maximum absolute atomic E-state index is 13.2. The lowest BCUT2D eigenvalue weighted by Crippen LogP contribution is -2.40. The van der Waals surface area contributed by atoms with Crippen molar-refractivity contribution >= 4 is 29.2 Å². The lowest BCUT2D eigenvalue weighted by molar-refractivity contribution is -0.139. The maximum Gasteiger partial charge on any atom is 0.355 e. The number of methoxy groups -OCH3 is 2. The number of carbonyl (C=O) groups is 3. The van der Waals surface area contributed by atoms with E-state index in [1.807, 2.05) is 23.1 Å². The molecule has 2 aliphatic rings. The molecule has 1 saturated heterocycles. The van der Waals surface area contributed by atoms with Crippen LogP contribution in [-0.4, -0.2) is 63.1 Å². The normalized spacial score (nSPS) is 17.9. The second-order valence-corrected chi connectivity index (χ2v) is 9.20. The number of nitriles is 1. The van der Waals surface area contributed by atoms with Gasteiger partial charge >= 0.3 is 11.9 Å². The van der Waals surface area contributed by atoms with Crippen molar-refractivity contribution in [2.75, 3.05) is 50.2 Å². The van der Waals surface area contributed by atoms with E-state index in [0.717, 1.165) is 18.7 Å². The molecule has 2 N–H and O–H groups in total. The Morgan fingerprint density at radius 2 is 1.54 bits per heavy atom. The third-order valence-electron chi connectivity index (χ3n) is 7.02. The highest BCUT2D eigenvalue weighted by Gasteiger charge is 2.43. The molecule has 0 bridgehead atoms. The average Bonchev–Trinajstić information content (AvgIpc) is 3.23. The van der Waals surface area contributed by atoms with Gasteiger partial charge in [-0.25, -0.2) is 9.59 Å². The van der Waals surface area contributed by atoms with E-state index in [9.17, 15) is 19.6 Å². The predicted octanol–water partition coefficient (Wildman–Crippen LogP) is 2.64. The molecular formula is C29H31N5O5. The number of nitrogens with two attached hydrogens (primary N) is 1. The number of esters is 2. The van der Waals surface area contributed by atoms with E-state index in [0.29, 0.717) is 30.9 Å². The van der Waals surface area contributed by atoms with Crippen LogP contribution < -0.4 is 15.5 Å². The first-order valence-electron chi connectivity index (χ1n) is 12.6. The van der Waals surface area contributed by atoms with E-state index in [2.05, 4.69) is 11.0 Å². The van der Waals surface area contributed by atoms with Gasteiger partial charge in [-0.3, -0.25) is 9.69 Å². The van der Waals surface area contributed by atoms with Crippen molar-refractivity contribution < 1.29 is 23.9 Å². The lowest BCUT2D eigenvalue weighted by Gasteiger charge is -2.36. The molecule has 0 saturated carbocycles. The first kappa shape index (κ1) is 27.3. The molecule has 1 atom stereocenters. The van der Waals surface area contributed by atoms with Gasteiger partial charge in [0.1, 0.15) is 11.5 Å². The van der Waals surface area contributed by atoms with E-state index in [4.69, 9.17) is 15.2 Å². The molecule has 4 rings (SSSR count). The van der Waals surface area contributed by atoms with Crippen molar-refractivity contribution in [2.45, 2.75) is 19.3 Å². The standard InChI is InChI=1S/C29H31N5O5/c1-19(35)32-14-7-15-33(17-16-32)21-10-12-22(13-11-21)34-26(29(37)39-3)25(28(36)38-2)24(23(18-30)27(34)31)20-8-5-4-6-9-20/h4-6,8-13,24H,7,14-17,31H2,1-3H3. The van der Waals surface area contributed by atoms with Crippen molar-refractivity contribution in [1.29, 1.82) is 5.26 Å². The second-order valence-electron chi connectivity index (χ2n) is 9.20. The highest BCUT2D eigenvalue weighted by molar-refractivity contribution is 6.06. The van der Waals surface area contributed by atoms with E-state index < -0.39 is 17.9 Å². The summed E-state index contributed by atoms with van der Waals surface area (Å²) in [5.74, 6) is -2.42. The van der Waals surface area contributed by atoms with Gasteiger partial charge in [0.2, 0.25) is 5.91 Å². The number of nitrogens with zero attached hydrogens (tertiary/aromatic N) is 4. The van der Waals surface area contributed by atoms with Crippen LogP contribution in [0.25, 0.3) is 0 Å². The van der Waals surface area contributed by atoms with Gasteiger partial charge in [-0.2, -0.15) is 5.26 Å². The fourth-order valence-corrected chi connectivity index (χ4v) is 5.08. The number of rotatable bonds is 5. The van der Waals surface area contributed by atoms with Gasteiger partial charge in [-0.1, -0.05) is 30.3 Å². The van der Waals surface area contributed by atoms with Gasteiger partial charge in [-0.15, -0.1) is 0 Å². The summed E-state index contributed by atoms with van der Waals surface area (Å²) in [6, 6.07) is 18.3. The van der Waals surface area contributed by atoms with Gasteiger partial charge in [0.15, 0.2) is 0 Å². The molecule has 2 aliphatic heterocycles. The number of amides is 1. The Morgan fingerprint density at radius 3 is 2.13 bits per heavy atom. The molecule has 0 aromatic heterocycles. The van der Waals surface area contributed by atoms with E-state index in [-0.39, 0.29) is 28.6 Å². The Kier molecular flexibility index (Phi) is 8.20. The molecule has 2 heterocycles. The van der Waals surface area contributed by atoms with Crippen molar-refractivity contribution in [3.8, 4) is 6.07 Å². The summed E-state index contributed by atoms with van der Waals surface area (Å²) in [5.41, 5.74) is 8.53. The molecule has 39 heavy (non-hydrogen) atoms. The smallest absolute Gasteiger partial charge is 0.355 e. The number of benzene rings is 2. The number of hydrogen-bond donors (Lipinski definition) is 1. The van der Waals surface area contributed by atoms with Crippen LogP contribution in [0.15, 0.2) is 77.3 Å².